The molecule has 0 aliphatic carbocycles. The molecule has 0 spiro atoms. The summed E-state index contributed by atoms with van der Waals surface area (Å²) < 4.78 is 11.6. The van der Waals surface area contributed by atoms with Crippen molar-refractivity contribution in [3.8, 4) is 11.5 Å². The van der Waals surface area contributed by atoms with Gasteiger partial charge in [0.25, 0.3) is 11.3 Å². The molecule has 0 aliphatic rings. The molecule has 0 saturated heterocycles. The number of nitrogens with zero attached hydrogens (tertiary/aromatic N) is 4. The second-order valence-electron chi connectivity index (χ2n) is 6.38. The summed E-state index contributed by atoms with van der Waals surface area (Å²) in [5.41, 5.74) is 1.02. The van der Waals surface area contributed by atoms with E-state index in [2.05, 4.69) is 30.1 Å². The van der Waals surface area contributed by atoms with Gasteiger partial charge in [0.1, 0.15) is 11.5 Å². The first kappa shape index (κ1) is 19.1. The van der Waals surface area contributed by atoms with Crippen molar-refractivity contribution in [2.75, 3.05) is 12.4 Å². The van der Waals surface area contributed by atoms with E-state index in [-0.39, 0.29) is 17.8 Å². The van der Waals surface area contributed by atoms with Crippen molar-refractivity contribution in [2.45, 2.75) is 13.3 Å². The van der Waals surface area contributed by atoms with Crippen molar-refractivity contribution in [3.05, 3.63) is 70.4 Å². The second-order valence-corrected chi connectivity index (χ2v) is 6.38. The number of hydrogen-bond acceptors (Lipinski definition) is 8. The quantitative estimate of drug-likeness (QED) is 0.468. The third kappa shape index (κ3) is 3.97. The number of H-pyrrole nitrogens is 1. The number of benzene rings is 1. The summed E-state index contributed by atoms with van der Waals surface area (Å²) in [4.78, 5) is 36.8. The molecule has 10 heteroatoms. The van der Waals surface area contributed by atoms with Gasteiger partial charge in [-0.25, -0.2) is 4.98 Å². The number of esters is 1. The molecular formula is C20H18N6O4. The summed E-state index contributed by atoms with van der Waals surface area (Å²) in [7, 11) is 1.27. The average molecular weight is 406 g/mol. The van der Waals surface area contributed by atoms with Gasteiger partial charge in [-0.3, -0.25) is 19.7 Å². The lowest BCUT2D eigenvalue weighted by atomic mass is 10.2. The molecule has 1 aromatic carbocycles. The Kier molecular flexibility index (Phi) is 5.12. The fourth-order valence-electron chi connectivity index (χ4n) is 2.82. The number of aromatic nitrogens is 5. The number of ether oxygens (including phenoxy) is 2. The Labute approximate surface area is 170 Å². The molecule has 3 heterocycles. The summed E-state index contributed by atoms with van der Waals surface area (Å²) in [6.45, 7) is 1.66. The van der Waals surface area contributed by atoms with E-state index in [1.807, 2.05) is 12.1 Å². The first-order valence-electron chi connectivity index (χ1n) is 9.03. The van der Waals surface area contributed by atoms with Crippen LogP contribution in [0.15, 0.2) is 53.6 Å². The van der Waals surface area contributed by atoms with Crippen LogP contribution in [0.2, 0.25) is 0 Å². The van der Waals surface area contributed by atoms with Gasteiger partial charge < -0.3 is 14.8 Å². The molecule has 3 aromatic heterocycles. The van der Waals surface area contributed by atoms with Crippen molar-refractivity contribution >= 4 is 23.4 Å². The Morgan fingerprint density at radius 1 is 1.10 bits per heavy atom. The molecule has 4 rings (SSSR count). The smallest absolute Gasteiger partial charge is 0.310 e. The minimum atomic E-state index is -0.510. The van der Waals surface area contributed by atoms with Crippen LogP contribution in [0.4, 0.5) is 11.6 Å². The molecule has 0 fully saturated rings. The molecule has 0 amide bonds. The van der Waals surface area contributed by atoms with Crippen LogP contribution in [0.1, 0.15) is 11.3 Å². The number of hydrogen-bond donors (Lipinski definition) is 2. The molecule has 10 nitrogen and oxygen atoms in total. The molecule has 0 unspecified atom stereocenters. The third-order valence-corrected chi connectivity index (χ3v) is 4.35. The van der Waals surface area contributed by atoms with Crippen LogP contribution in [0.5, 0.6) is 11.5 Å². The fourth-order valence-corrected chi connectivity index (χ4v) is 2.82. The van der Waals surface area contributed by atoms with Crippen LogP contribution in [-0.4, -0.2) is 37.6 Å². The number of fused-ring (bicyclic) bond motifs is 1. The van der Waals surface area contributed by atoms with Crippen molar-refractivity contribution < 1.29 is 14.3 Å². The molecule has 0 atom stereocenters. The first-order chi connectivity index (χ1) is 14.5. The monoisotopic (exact) mass is 406 g/mol. The zero-order valence-corrected chi connectivity index (χ0v) is 16.2. The van der Waals surface area contributed by atoms with Gasteiger partial charge in [0.05, 0.1) is 24.8 Å². The Morgan fingerprint density at radius 3 is 2.50 bits per heavy atom. The van der Waals surface area contributed by atoms with Gasteiger partial charge in [-0.05, 0) is 43.3 Å². The standard InChI is InChI=1S/C20H18N6O4/c1-12-16(11-17(27)29-2)18(28)26-20(22-12)24-19(25-26)23-13-3-5-14(6-4-13)30-15-7-9-21-10-8-15/h3-10H,11H2,1-2H3,(H2,22,23,24,25). The summed E-state index contributed by atoms with van der Waals surface area (Å²) in [6, 6.07) is 10.8. The normalized spacial score (nSPS) is 10.7. The lowest BCUT2D eigenvalue weighted by Gasteiger charge is -2.06. The first-order valence-corrected chi connectivity index (χ1v) is 9.03. The lowest BCUT2D eigenvalue weighted by Crippen LogP contribution is -2.24. The summed E-state index contributed by atoms with van der Waals surface area (Å²) in [5, 5.41) is 5.93. The lowest BCUT2D eigenvalue weighted by molar-refractivity contribution is -0.139. The fraction of sp³-hybridized carbons (Fsp3) is 0.150. The van der Waals surface area contributed by atoms with Crippen molar-refractivity contribution in [1.82, 2.24) is 24.6 Å². The Bertz CT molecular complexity index is 1250. The Hall–Kier alpha value is -4.21. The van der Waals surface area contributed by atoms with Crippen LogP contribution in [0, 0.1) is 6.92 Å². The second kappa shape index (κ2) is 8.03. The molecule has 0 radical (unpaired) electrons. The van der Waals surface area contributed by atoms with Crippen LogP contribution in [0.3, 0.4) is 0 Å². The van der Waals surface area contributed by atoms with E-state index in [9.17, 15) is 9.59 Å². The largest absolute Gasteiger partial charge is 0.469 e. The van der Waals surface area contributed by atoms with Gasteiger partial charge in [0, 0.05) is 18.1 Å². The predicted octanol–water partition coefficient (Wildman–Crippen LogP) is 2.37. The minimum Gasteiger partial charge on any atom is -0.469 e. The SMILES string of the molecule is COC(=O)Cc1c(C)nc2nc(Nc3ccc(Oc4ccncc4)cc3)[nH]n2c1=O. The number of carbonyl (C=O) groups excluding carboxylic acids is 1. The number of carbonyl (C=O) groups is 1. The summed E-state index contributed by atoms with van der Waals surface area (Å²) in [5.74, 6) is 1.37. The van der Waals surface area contributed by atoms with Gasteiger partial charge in [-0.15, -0.1) is 0 Å². The number of nitrogens with one attached hydrogen (secondary N) is 2. The number of methoxy groups -OCH3 is 1. The maximum absolute atomic E-state index is 12.7. The highest BCUT2D eigenvalue weighted by molar-refractivity contribution is 5.72. The van der Waals surface area contributed by atoms with Gasteiger partial charge in [0.15, 0.2) is 0 Å². The topological polar surface area (TPSA) is 124 Å². The van der Waals surface area contributed by atoms with Gasteiger partial charge in [0.2, 0.25) is 5.95 Å². The number of aryl methyl sites for hydroxylation is 1. The maximum Gasteiger partial charge on any atom is 0.310 e. The van der Waals surface area contributed by atoms with E-state index in [0.717, 1.165) is 5.69 Å². The zero-order chi connectivity index (χ0) is 21.1. The van der Waals surface area contributed by atoms with Crippen LogP contribution in [-0.2, 0) is 16.0 Å². The van der Waals surface area contributed by atoms with Gasteiger partial charge in [-0.2, -0.15) is 9.50 Å². The van der Waals surface area contributed by atoms with Crippen LogP contribution >= 0.6 is 0 Å². The van der Waals surface area contributed by atoms with E-state index >= 15 is 0 Å². The molecule has 30 heavy (non-hydrogen) atoms. The number of pyridine rings is 1. The highest BCUT2D eigenvalue weighted by atomic mass is 16.5. The van der Waals surface area contributed by atoms with Crippen molar-refractivity contribution in [2.24, 2.45) is 0 Å². The predicted molar refractivity (Wildman–Crippen MR) is 108 cm³/mol. The number of aromatic amines is 1. The van der Waals surface area contributed by atoms with Gasteiger partial charge in [-0.1, -0.05) is 0 Å². The number of rotatable bonds is 6. The van der Waals surface area contributed by atoms with E-state index in [1.165, 1.54) is 11.6 Å². The average Bonchev–Trinajstić information content (AvgIpc) is 3.15. The highest BCUT2D eigenvalue weighted by Crippen LogP contribution is 2.23. The van der Waals surface area contributed by atoms with E-state index < -0.39 is 11.5 Å². The number of anilines is 2. The molecule has 4 aromatic rings. The molecular weight excluding hydrogens is 388 g/mol. The molecule has 2 N–H and O–H groups in total. The molecule has 0 saturated carbocycles. The van der Waals surface area contributed by atoms with E-state index in [4.69, 9.17) is 4.74 Å². The highest BCUT2D eigenvalue weighted by Gasteiger charge is 2.16. The van der Waals surface area contributed by atoms with Crippen molar-refractivity contribution in [3.63, 3.8) is 0 Å². The Balaban J connectivity index is 1.54. The minimum absolute atomic E-state index is 0.155. The van der Waals surface area contributed by atoms with Crippen LogP contribution in [0.25, 0.3) is 5.78 Å². The zero-order valence-electron chi connectivity index (χ0n) is 16.2. The molecule has 0 bridgehead atoms. The van der Waals surface area contributed by atoms with Crippen LogP contribution < -0.4 is 15.6 Å². The summed E-state index contributed by atoms with van der Waals surface area (Å²) in [6.07, 6.45) is 3.15. The van der Waals surface area contributed by atoms with E-state index in [1.54, 1.807) is 43.6 Å². The Morgan fingerprint density at radius 2 is 1.80 bits per heavy atom. The molecule has 152 valence electrons. The van der Waals surface area contributed by atoms with Gasteiger partial charge >= 0.3 is 5.97 Å². The van der Waals surface area contributed by atoms with E-state index in [0.29, 0.717) is 23.1 Å². The summed E-state index contributed by atoms with van der Waals surface area (Å²) >= 11 is 0. The molecule has 0 aliphatic heterocycles. The third-order valence-electron chi connectivity index (χ3n) is 4.35. The van der Waals surface area contributed by atoms with Crippen molar-refractivity contribution in [1.29, 1.82) is 0 Å². The maximum atomic E-state index is 12.7.